The molecule has 0 saturated heterocycles. The maximum Gasteiger partial charge on any atom is 0.235 e. The molecule has 0 N–H and O–H groups in total. The molecular weight excluding hydrogens is 202 g/mol. The topological polar surface area (TPSA) is 38.7 Å². The van der Waals surface area contributed by atoms with Gasteiger partial charge in [-0.25, -0.2) is 4.79 Å². The van der Waals surface area contributed by atoms with E-state index >= 15 is 0 Å². The molecule has 0 spiro atoms. The maximum atomic E-state index is 10.5. The third-order valence-electron chi connectivity index (χ3n) is 3.24. The van der Waals surface area contributed by atoms with Gasteiger partial charge in [0.2, 0.25) is 6.08 Å². The van der Waals surface area contributed by atoms with Gasteiger partial charge in [0.05, 0.1) is 12.6 Å². The van der Waals surface area contributed by atoms with Crippen molar-refractivity contribution >= 4 is 6.08 Å². The average molecular weight is 217 g/mol. The number of rotatable bonds is 3. The van der Waals surface area contributed by atoms with Gasteiger partial charge in [-0.05, 0) is 36.5 Å². The second-order valence-electron chi connectivity index (χ2n) is 4.48. The van der Waals surface area contributed by atoms with Gasteiger partial charge in [-0.2, -0.15) is 4.99 Å². The molecule has 16 heavy (non-hydrogen) atoms. The molecule has 1 fully saturated rings. The molecule has 0 heterocycles. The number of ether oxygens (including phenoxy) is 1. The highest BCUT2D eigenvalue weighted by molar-refractivity contribution is 5.41. The molecule has 1 aliphatic rings. The summed E-state index contributed by atoms with van der Waals surface area (Å²) in [6, 6.07) is 7.77. The van der Waals surface area contributed by atoms with Gasteiger partial charge in [0.1, 0.15) is 5.75 Å². The molecule has 1 aliphatic carbocycles. The molecule has 0 aromatic heterocycles. The minimum Gasteiger partial charge on any atom is -0.497 e. The van der Waals surface area contributed by atoms with Crippen LogP contribution in [0.2, 0.25) is 0 Å². The molecule has 0 atom stereocenters. The van der Waals surface area contributed by atoms with E-state index in [0.29, 0.717) is 5.92 Å². The average Bonchev–Trinajstić information content (AvgIpc) is 2.27. The molecule has 0 radical (unpaired) electrons. The zero-order valence-electron chi connectivity index (χ0n) is 9.56. The van der Waals surface area contributed by atoms with Crippen molar-refractivity contribution in [1.82, 2.24) is 0 Å². The van der Waals surface area contributed by atoms with Gasteiger partial charge >= 0.3 is 0 Å². The fourth-order valence-electron chi connectivity index (χ4n) is 2.48. The van der Waals surface area contributed by atoms with Crippen molar-refractivity contribution < 1.29 is 9.53 Å². The minimum absolute atomic E-state index is 0.351. The fourth-order valence-corrected chi connectivity index (χ4v) is 2.48. The van der Waals surface area contributed by atoms with E-state index in [-0.39, 0.29) is 5.54 Å². The fraction of sp³-hybridized carbons (Fsp3) is 0.462. The van der Waals surface area contributed by atoms with Crippen molar-refractivity contribution in [3.8, 4) is 5.75 Å². The third-order valence-corrected chi connectivity index (χ3v) is 3.24. The molecule has 0 bridgehead atoms. The predicted octanol–water partition coefficient (Wildman–Crippen LogP) is 2.66. The van der Waals surface area contributed by atoms with Gasteiger partial charge in [0.25, 0.3) is 0 Å². The summed E-state index contributed by atoms with van der Waals surface area (Å²) in [5.41, 5.74) is 0.698. The number of hydrogen-bond donors (Lipinski definition) is 0. The Bertz CT molecular complexity index is 429. The summed E-state index contributed by atoms with van der Waals surface area (Å²) < 4.78 is 5.18. The number of aliphatic imine (C=N–C) groups is 1. The normalized spacial score (nSPS) is 27.8. The molecule has 1 saturated carbocycles. The second-order valence-corrected chi connectivity index (χ2v) is 4.48. The zero-order chi connectivity index (χ0) is 11.6. The summed E-state index contributed by atoms with van der Waals surface area (Å²) >= 11 is 0. The van der Waals surface area contributed by atoms with E-state index in [9.17, 15) is 4.79 Å². The van der Waals surface area contributed by atoms with E-state index in [1.165, 1.54) is 0 Å². The zero-order valence-corrected chi connectivity index (χ0v) is 9.56. The van der Waals surface area contributed by atoms with E-state index in [0.717, 1.165) is 24.2 Å². The van der Waals surface area contributed by atoms with Crippen molar-refractivity contribution in [1.29, 1.82) is 0 Å². The standard InChI is InChI=1S/C13H15NO2/c1-10-7-13(8-10,14-9-15)11-4-3-5-12(6-11)16-2/h3-6,10H,7-8H2,1-2H3. The Morgan fingerprint density at radius 3 is 2.81 bits per heavy atom. The van der Waals surface area contributed by atoms with Crippen LogP contribution in [0.3, 0.4) is 0 Å². The predicted molar refractivity (Wildman–Crippen MR) is 61.2 cm³/mol. The quantitative estimate of drug-likeness (QED) is 0.576. The Labute approximate surface area is 95.2 Å². The molecule has 84 valence electrons. The lowest BCUT2D eigenvalue weighted by molar-refractivity contribution is 0.166. The van der Waals surface area contributed by atoms with E-state index in [1.54, 1.807) is 13.2 Å². The van der Waals surface area contributed by atoms with Crippen molar-refractivity contribution in [3.05, 3.63) is 29.8 Å². The first-order valence-corrected chi connectivity index (χ1v) is 5.44. The summed E-state index contributed by atoms with van der Waals surface area (Å²) in [6.07, 6.45) is 3.53. The number of methoxy groups -OCH3 is 1. The van der Waals surface area contributed by atoms with Gasteiger partial charge in [0, 0.05) is 0 Å². The molecule has 2 rings (SSSR count). The first-order chi connectivity index (χ1) is 7.70. The first kappa shape index (κ1) is 10.9. The second kappa shape index (κ2) is 4.11. The van der Waals surface area contributed by atoms with Crippen molar-refractivity contribution in [3.63, 3.8) is 0 Å². The van der Waals surface area contributed by atoms with Crippen LogP contribution in [0.4, 0.5) is 0 Å². The Balaban J connectivity index is 2.36. The third kappa shape index (κ3) is 1.74. The lowest BCUT2D eigenvalue weighted by Crippen LogP contribution is -2.38. The SMILES string of the molecule is COc1cccc(C2(N=C=O)CC(C)C2)c1. The lowest BCUT2D eigenvalue weighted by Gasteiger charge is -2.42. The number of hydrogen-bond acceptors (Lipinski definition) is 3. The Morgan fingerprint density at radius 1 is 1.50 bits per heavy atom. The molecule has 3 heteroatoms. The highest BCUT2D eigenvalue weighted by Gasteiger charge is 2.43. The van der Waals surface area contributed by atoms with Crippen LogP contribution in [-0.4, -0.2) is 13.2 Å². The van der Waals surface area contributed by atoms with Crippen LogP contribution in [0.5, 0.6) is 5.75 Å². The maximum absolute atomic E-state index is 10.5. The van der Waals surface area contributed by atoms with Crippen LogP contribution in [0.15, 0.2) is 29.3 Å². The molecule has 1 aromatic carbocycles. The highest BCUT2D eigenvalue weighted by atomic mass is 16.5. The molecular formula is C13H15NO2. The number of isocyanates is 1. The number of carbonyl (C=O) groups excluding carboxylic acids is 1. The van der Waals surface area contributed by atoms with E-state index < -0.39 is 0 Å². The lowest BCUT2D eigenvalue weighted by atomic mass is 9.66. The Kier molecular flexibility index (Phi) is 2.80. The Morgan fingerprint density at radius 2 is 2.25 bits per heavy atom. The van der Waals surface area contributed by atoms with Crippen LogP contribution in [0, 0.1) is 5.92 Å². The summed E-state index contributed by atoms with van der Waals surface area (Å²) in [5.74, 6) is 1.42. The van der Waals surface area contributed by atoms with Crippen molar-refractivity contribution in [2.24, 2.45) is 10.9 Å². The van der Waals surface area contributed by atoms with Gasteiger partial charge < -0.3 is 4.74 Å². The van der Waals surface area contributed by atoms with E-state index in [4.69, 9.17) is 4.74 Å². The summed E-state index contributed by atoms with van der Waals surface area (Å²) in [5, 5.41) is 0. The summed E-state index contributed by atoms with van der Waals surface area (Å²) in [6.45, 7) is 2.17. The van der Waals surface area contributed by atoms with Gasteiger partial charge in [-0.1, -0.05) is 19.1 Å². The van der Waals surface area contributed by atoms with Crippen molar-refractivity contribution in [2.75, 3.05) is 7.11 Å². The molecule has 0 amide bonds. The van der Waals surface area contributed by atoms with Crippen molar-refractivity contribution in [2.45, 2.75) is 25.3 Å². The van der Waals surface area contributed by atoms with E-state index in [2.05, 4.69) is 11.9 Å². The smallest absolute Gasteiger partial charge is 0.235 e. The Hall–Kier alpha value is -1.60. The number of nitrogens with zero attached hydrogens (tertiary/aromatic N) is 1. The van der Waals surface area contributed by atoms with Crippen LogP contribution in [0.25, 0.3) is 0 Å². The number of benzene rings is 1. The van der Waals surface area contributed by atoms with Gasteiger partial charge in [0.15, 0.2) is 0 Å². The molecule has 0 unspecified atom stereocenters. The largest absolute Gasteiger partial charge is 0.497 e. The van der Waals surface area contributed by atoms with E-state index in [1.807, 2.05) is 24.3 Å². The van der Waals surface area contributed by atoms with Crippen LogP contribution in [-0.2, 0) is 10.3 Å². The molecule has 1 aromatic rings. The van der Waals surface area contributed by atoms with Gasteiger partial charge in [-0.3, -0.25) is 0 Å². The van der Waals surface area contributed by atoms with Crippen LogP contribution >= 0.6 is 0 Å². The molecule has 0 aliphatic heterocycles. The first-order valence-electron chi connectivity index (χ1n) is 5.44. The minimum atomic E-state index is -0.351. The highest BCUT2D eigenvalue weighted by Crippen LogP contribution is 2.48. The monoisotopic (exact) mass is 217 g/mol. The van der Waals surface area contributed by atoms with Crippen LogP contribution in [0.1, 0.15) is 25.3 Å². The summed E-state index contributed by atoms with van der Waals surface area (Å²) in [4.78, 5) is 14.5. The van der Waals surface area contributed by atoms with Crippen LogP contribution < -0.4 is 4.74 Å². The van der Waals surface area contributed by atoms with Gasteiger partial charge in [-0.15, -0.1) is 0 Å². The molecule has 3 nitrogen and oxygen atoms in total. The summed E-state index contributed by atoms with van der Waals surface area (Å²) in [7, 11) is 1.64.